The Kier molecular flexibility index (Phi) is 6.78. The summed E-state index contributed by atoms with van der Waals surface area (Å²) in [4.78, 5) is 35.9. The number of allylic oxidation sites excluding steroid dienone is 1. The van der Waals surface area contributed by atoms with E-state index < -0.39 is 5.91 Å². The highest BCUT2D eigenvalue weighted by Gasteiger charge is 2.30. The predicted molar refractivity (Wildman–Crippen MR) is 131 cm³/mol. The molecule has 1 fully saturated rings. The molecule has 10 nitrogen and oxygen atoms in total. The molecule has 10 heteroatoms. The molecule has 3 aromatic rings. The van der Waals surface area contributed by atoms with E-state index in [1.54, 1.807) is 30.3 Å². The number of rotatable bonds is 6. The number of piperidine rings is 1. The number of imidazole rings is 1. The number of nitriles is 1. The van der Waals surface area contributed by atoms with Crippen LogP contribution in [0.1, 0.15) is 64.5 Å². The standard InChI is InChI=1S/C25H26N8O2/c1-2-12-32-13-4-3-5-19(32)24-31-21(22(23(27)34)33(24)28)17-6-8-18(9-7-17)25(35)30-20-14-16(15-26)10-11-29-20/h2,6-12,14,19H,3-5,13,28H2,1H3,(H2,27,34)(H,29,30,35). The first-order chi connectivity index (χ1) is 16.9. The SMILES string of the molecule is CC=CN1CCCCC1c1nc(-c2ccc(C(=O)Nc3cc(C#N)ccn3)cc2)c(C(N)=O)n1N. The molecule has 0 spiro atoms. The van der Waals surface area contributed by atoms with Crippen LogP contribution in [0, 0.1) is 11.3 Å². The fraction of sp³-hybridized carbons (Fsp3) is 0.240. The summed E-state index contributed by atoms with van der Waals surface area (Å²) >= 11 is 0. The molecule has 2 amide bonds. The fourth-order valence-corrected chi connectivity index (χ4v) is 4.26. The third-order valence-electron chi connectivity index (χ3n) is 5.91. The van der Waals surface area contributed by atoms with E-state index in [-0.39, 0.29) is 23.5 Å². The first-order valence-electron chi connectivity index (χ1n) is 11.3. The van der Waals surface area contributed by atoms with E-state index in [4.69, 9.17) is 21.8 Å². The second-order valence-electron chi connectivity index (χ2n) is 8.21. The highest BCUT2D eigenvalue weighted by molar-refractivity contribution is 6.04. The average molecular weight is 471 g/mol. The summed E-state index contributed by atoms with van der Waals surface area (Å²) in [6.45, 7) is 2.83. The van der Waals surface area contributed by atoms with Crippen LogP contribution in [0.3, 0.4) is 0 Å². The second-order valence-corrected chi connectivity index (χ2v) is 8.21. The number of nitrogen functional groups attached to an aromatic ring is 1. The van der Waals surface area contributed by atoms with Crippen LogP contribution in [0.15, 0.2) is 54.9 Å². The Bertz CT molecular complexity index is 1320. The molecule has 1 aliphatic rings. The maximum Gasteiger partial charge on any atom is 0.269 e. The number of aromatic nitrogens is 3. The third kappa shape index (κ3) is 4.84. The Hall–Kier alpha value is -4.65. The minimum atomic E-state index is -0.681. The number of pyridine rings is 1. The molecular weight excluding hydrogens is 444 g/mol. The van der Waals surface area contributed by atoms with Gasteiger partial charge in [-0.15, -0.1) is 0 Å². The van der Waals surface area contributed by atoms with Gasteiger partial charge in [0.05, 0.1) is 17.7 Å². The first kappa shape index (κ1) is 23.5. The van der Waals surface area contributed by atoms with Crippen molar-refractivity contribution >= 4 is 17.6 Å². The summed E-state index contributed by atoms with van der Waals surface area (Å²) in [5, 5.41) is 11.7. The number of anilines is 1. The van der Waals surface area contributed by atoms with Gasteiger partial charge in [0.1, 0.15) is 11.5 Å². The van der Waals surface area contributed by atoms with Crippen molar-refractivity contribution in [2.45, 2.75) is 32.2 Å². The lowest BCUT2D eigenvalue weighted by Crippen LogP contribution is -2.33. The Balaban J connectivity index is 1.63. The van der Waals surface area contributed by atoms with Crippen molar-refractivity contribution in [2.75, 3.05) is 17.7 Å². The van der Waals surface area contributed by atoms with Crippen molar-refractivity contribution in [3.63, 3.8) is 0 Å². The van der Waals surface area contributed by atoms with E-state index in [2.05, 4.69) is 15.2 Å². The average Bonchev–Trinajstić information content (AvgIpc) is 3.22. The predicted octanol–water partition coefficient (Wildman–Crippen LogP) is 2.94. The third-order valence-corrected chi connectivity index (χ3v) is 5.91. The Morgan fingerprint density at radius 2 is 2.00 bits per heavy atom. The Morgan fingerprint density at radius 3 is 2.69 bits per heavy atom. The van der Waals surface area contributed by atoms with Gasteiger partial charge in [-0.2, -0.15) is 5.26 Å². The topological polar surface area (TPSA) is 156 Å². The van der Waals surface area contributed by atoms with Crippen molar-refractivity contribution in [1.29, 1.82) is 5.26 Å². The molecule has 35 heavy (non-hydrogen) atoms. The molecule has 5 N–H and O–H groups in total. The van der Waals surface area contributed by atoms with Crippen molar-refractivity contribution < 1.29 is 9.59 Å². The molecule has 4 rings (SSSR count). The molecule has 1 atom stereocenters. The molecule has 0 radical (unpaired) electrons. The van der Waals surface area contributed by atoms with Gasteiger partial charge >= 0.3 is 0 Å². The van der Waals surface area contributed by atoms with E-state index in [1.165, 1.54) is 16.9 Å². The quantitative estimate of drug-likeness (QED) is 0.468. The summed E-state index contributed by atoms with van der Waals surface area (Å²) in [6.07, 6.45) is 8.39. The van der Waals surface area contributed by atoms with Crippen LogP contribution in [-0.2, 0) is 0 Å². The van der Waals surface area contributed by atoms with Gasteiger partial charge in [-0.25, -0.2) is 14.6 Å². The smallest absolute Gasteiger partial charge is 0.269 e. The lowest BCUT2D eigenvalue weighted by atomic mass is 10.0. The van der Waals surface area contributed by atoms with E-state index in [1.807, 2.05) is 25.3 Å². The number of nitrogens with zero attached hydrogens (tertiary/aromatic N) is 5. The summed E-state index contributed by atoms with van der Waals surface area (Å²) < 4.78 is 1.29. The van der Waals surface area contributed by atoms with Gasteiger partial charge in [0.2, 0.25) is 0 Å². The number of benzene rings is 1. The van der Waals surface area contributed by atoms with Gasteiger partial charge in [-0.05, 0) is 56.7 Å². The maximum absolute atomic E-state index is 12.6. The van der Waals surface area contributed by atoms with E-state index in [9.17, 15) is 9.59 Å². The van der Waals surface area contributed by atoms with Crippen molar-refractivity contribution in [2.24, 2.45) is 5.73 Å². The molecule has 1 aromatic carbocycles. The van der Waals surface area contributed by atoms with Crippen LogP contribution in [0.25, 0.3) is 11.3 Å². The zero-order valence-electron chi connectivity index (χ0n) is 19.3. The van der Waals surface area contributed by atoms with Crippen LogP contribution < -0.4 is 16.9 Å². The van der Waals surface area contributed by atoms with Crippen LogP contribution in [0.2, 0.25) is 0 Å². The normalized spacial score (nSPS) is 15.7. The zero-order chi connectivity index (χ0) is 24.9. The number of hydrogen-bond acceptors (Lipinski definition) is 7. The number of carbonyl (C=O) groups excluding carboxylic acids is 2. The molecule has 0 saturated carbocycles. The van der Waals surface area contributed by atoms with Gasteiger partial charge in [0.25, 0.3) is 11.8 Å². The van der Waals surface area contributed by atoms with Crippen molar-refractivity contribution in [1.82, 2.24) is 19.5 Å². The number of likely N-dealkylation sites (tertiary alicyclic amines) is 1. The highest BCUT2D eigenvalue weighted by Crippen LogP contribution is 2.33. The maximum atomic E-state index is 12.6. The van der Waals surface area contributed by atoms with Crippen LogP contribution >= 0.6 is 0 Å². The molecule has 2 aromatic heterocycles. The number of hydrogen-bond donors (Lipinski definition) is 3. The van der Waals surface area contributed by atoms with Crippen molar-refractivity contribution in [3.05, 3.63) is 77.5 Å². The highest BCUT2D eigenvalue weighted by atomic mass is 16.2. The lowest BCUT2D eigenvalue weighted by molar-refractivity contribution is 0.0990. The molecule has 178 valence electrons. The summed E-state index contributed by atoms with van der Waals surface area (Å²) in [7, 11) is 0. The van der Waals surface area contributed by atoms with Gasteiger partial charge in [-0.1, -0.05) is 18.2 Å². The molecule has 0 aliphatic carbocycles. The van der Waals surface area contributed by atoms with Gasteiger partial charge in [0, 0.05) is 23.9 Å². The number of nitrogens with one attached hydrogen (secondary N) is 1. The number of amides is 2. The number of carbonyl (C=O) groups is 2. The van der Waals surface area contributed by atoms with Gasteiger partial charge in [-0.3, -0.25) is 9.59 Å². The second kappa shape index (κ2) is 10.1. The van der Waals surface area contributed by atoms with Gasteiger partial charge < -0.3 is 21.8 Å². The number of primary amides is 1. The lowest BCUT2D eigenvalue weighted by Gasteiger charge is -2.34. The van der Waals surface area contributed by atoms with Crippen LogP contribution in [0.5, 0.6) is 0 Å². The molecule has 3 heterocycles. The summed E-state index contributed by atoms with van der Waals surface area (Å²) in [6, 6.07) is 11.6. The first-order valence-corrected chi connectivity index (χ1v) is 11.3. The molecule has 1 unspecified atom stereocenters. The number of nitrogens with two attached hydrogens (primary N) is 2. The molecule has 1 saturated heterocycles. The fourth-order valence-electron chi connectivity index (χ4n) is 4.26. The molecule has 1 aliphatic heterocycles. The minimum absolute atomic E-state index is 0.0708. The van der Waals surface area contributed by atoms with E-state index >= 15 is 0 Å². The van der Waals surface area contributed by atoms with E-state index in [0.29, 0.717) is 28.2 Å². The van der Waals surface area contributed by atoms with Crippen LogP contribution in [0.4, 0.5) is 5.82 Å². The molecular formula is C25H26N8O2. The Labute approximate surface area is 202 Å². The van der Waals surface area contributed by atoms with Gasteiger partial charge in [0.15, 0.2) is 11.5 Å². The molecule has 0 bridgehead atoms. The summed E-state index contributed by atoms with van der Waals surface area (Å²) in [5.41, 5.74) is 7.53. The van der Waals surface area contributed by atoms with E-state index in [0.717, 1.165) is 25.8 Å². The largest absolute Gasteiger partial charge is 0.368 e. The zero-order valence-corrected chi connectivity index (χ0v) is 19.3. The van der Waals surface area contributed by atoms with Crippen molar-refractivity contribution in [3.8, 4) is 17.3 Å². The summed E-state index contributed by atoms with van der Waals surface area (Å²) in [5.74, 6) is 6.10. The minimum Gasteiger partial charge on any atom is -0.368 e. The monoisotopic (exact) mass is 470 g/mol. The Morgan fingerprint density at radius 1 is 1.23 bits per heavy atom. The van der Waals surface area contributed by atoms with Crippen LogP contribution in [-0.4, -0.2) is 37.9 Å².